The van der Waals surface area contributed by atoms with E-state index < -0.39 is 0 Å². The van der Waals surface area contributed by atoms with E-state index in [1.54, 1.807) is 17.5 Å². The van der Waals surface area contributed by atoms with Gasteiger partial charge in [0.1, 0.15) is 5.82 Å². The van der Waals surface area contributed by atoms with Crippen molar-refractivity contribution in [2.24, 2.45) is 0 Å². The number of nitrogens with zero attached hydrogens (tertiary/aromatic N) is 4. The molecule has 8 nitrogen and oxygen atoms in total. The minimum absolute atomic E-state index is 0.142. The predicted octanol–water partition coefficient (Wildman–Crippen LogP) is 2.60. The van der Waals surface area contributed by atoms with Crippen LogP contribution >= 0.6 is 11.3 Å². The Kier molecular flexibility index (Phi) is 5.40. The van der Waals surface area contributed by atoms with E-state index in [4.69, 9.17) is 9.15 Å². The van der Waals surface area contributed by atoms with Gasteiger partial charge in [-0.25, -0.2) is 4.98 Å². The van der Waals surface area contributed by atoms with Crippen LogP contribution in [0.2, 0.25) is 0 Å². The number of carbonyl (C=O) groups excluding carboxylic acids is 1. The van der Waals surface area contributed by atoms with Crippen molar-refractivity contribution < 1.29 is 13.9 Å². The van der Waals surface area contributed by atoms with Crippen LogP contribution in [-0.2, 0) is 16.0 Å². The molecule has 1 saturated heterocycles. The summed E-state index contributed by atoms with van der Waals surface area (Å²) in [5, 5.41) is 14.7. The zero-order chi connectivity index (χ0) is 18.5. The van der Waals surface area contributed by atoms with Crippen LogP contribution in [0, 0.1) is 0 Å². The summed E-state index contributed by atoms with van der Waals surface area (Å²) in [5.74, 6) is 1.31. The van der Waals surface area contributed by atoms with Crippen LogP contribution in [-0.4, -0.2) is 47.4 Å². The van der Waals surface area contributed by atoms with Crippen LogP contribution in [0.15, 0.2) is 39.6 Å². The number of rotatable bonds is 6. The Labute approximate surface area is 160 Å². The number of hydrogen-bond donors (Lipinski definition) is 1. The van der Waals surface area contributed by atoms with Gasteiger partial charge in [0, 0.05) is 36.9 Å². The molecule has 4 rings (SSSR count). The lowest BCUT2D eigenvalue weighted by Crippen LogP contribution is -2.36. The normalized spacial score (nSPS) is 14.3. The highest BCUT2D eigenvalue weighted by atomic mass is 32.1. The Morgan fingerprint density at radius 1 is 1.22 bits per heavy atom. The molecule has 1 N–H and O–H groups in total. The van der Waals surface area contributed by atoms with Crippen molar-refractivity contribution in [2.75, 3.05) is 36.5 Å². The smallest absolute Gasteiger partial charge is 0.248 e. The molecule has 27 heavy (non-hydrogen) atoms. The molecule has 0 aliphatic carbocycles. The van der Waals surface area contributed by atoms with Crippen molar-refractivity contribution in [3.05, 3.63) is 41.0 Å². The number of aromatic nitrogens is 3. The second-order valence-electron chi connectivity index (χ2n) is 6.06. The summed E-state index contributed by atoms with van der Waals surface area (Å²) in [7, 11) is 0. The van der Waals surface area contributed by atoms with Crippen molar-refractivity contribution in [1.29, 1.82) is 0 Å². The van der Waals surface area contributed by atoms with Crippen molar-refractivity contribution in [2.45, 2.75) is 12.8 Å². The third kappa shape index (κ3) is 4.50. The number of amides is 1. The SMILES string of the molecule is O=C(CCc1nnc(-c2ccsc2)o1)Nc1ccc(N2CCOCC2)cn1. The predicted molar refractivity (Wildman–Crippen MR) is 102 cm³/mol. The van der Waals surface area contributed by atoms with Crippen molar-refractivity contribution in [3.63, 3.8) is 0 Å². The number of thiophene rings is 1. The number of anilines is 2. The second-order valence-corrected chi connectivity index (χ2v) is 6.84. The molecule has 4 heterocycles. The summed E-state index contributed by atoms with van der Waals surface area (Å²) in [6, 6.07) is 5.68. The Bertz CT molecular complexity index is 873. The molecule has 140 valence electrons. The molecular formula is C18H19N5O3S. The van der Waals surface area contributed by atoms with Crippen LogP contribution in [0.3, 0.4) is 0 Å². The van der Waals surface area contributed by atoms with Gasteiger partial charge in [-0.3, -0.25) is 4.79 Å². The van der Waals surface area contributed by atoms with E-state index in [9.17, 15) is 4.79 Å². The summed E-state index contributed by atoms with van der Waals surface area (Å²) >= 11 is 1.57. The summed E-state index contributed by atoms with van der Waals surface area (Å²) in [6.45, 7) is 3.15. The molecule has 0 atom stereocenters. The Hall–Kier alpha value is -2.78. The maximum Gasteiger partial charge on any atom is 0.248 e. The monoisotopic (exact) mass is 385 g/mol. The first-order valence-electron chi connectivity index (χ1n) is 8.71. The van der Waals surface area contributed by atoms with E-state index in [0.29, 0.717) is 24.0 Å². The molecule has 0 aromatic carbocycles. The van der Waals surface area contributed by atoms with Crippen molar-refractivity contribution in [3.8, 4) is 11.5 Å². The van der Waals surface area contributed by atoms with Gasteiger partial charge in [0.05, 0.1) is 25.1 Å². The van der Waals surface area contributed by atoms with Crippen LogP contribution in [0.5, 0.6) is 0 Å². The highest BCUT2D eigenvalue weighted by Crippen LogP contribution is 2.21. The standard InChI is InChI=1S/C18H19N5O3S/c24-16(3-4-17-21-22-18(26-17)13-5-10-27-12-13)20-15-2-1-14(11-19-15)23-6-8-25-9-7-23/h1-2,5,10-12H,3-4,6-9H2,(H,19,20,24). The number of carbonyl (C=O) groups is 1. The van der Waals surface area contributed by atoms with Gasteiger partial charge in [-0.1, -0.05) is 0 Å². The average Bonchev–Trinajstić information content (AvgIpc) is 3.39. The zero-order valence-corrected chi connectivity index (χ0v) is 15.4. The molecule has 0 bridgehead atoms. The third-order valence-corrected chi connectivity index (χ3v) is 4.88. The molecule has 1 aliphatic heterocycles. The van der Waals surface area contributed by atoms with Gasteiger partial charge in [0.15, 0.2) is 0 Å². The maximum absolute atomic E-state index is 12.1. The van der Waals surface area contributed by atoms with Crippen LogP contribution in [0.25, 0.3) is 11.5 Å². The molecule has 3 aromatic rings. The first-order chi connectivity index (χ1) is 13.3. The molecule has 0 saturated carbocycles. The van der Waals surface area contributed by atoms with Crippen LogP contribution < -0.4 is 10.2 Å². The summed E-state index contributed by atoms with van der Waals surface area (Å²) in [4.78, 5) is 18.7. The highest BCUT2D eigenvalue weighted by molar-refractivity contribution is 7.08. The van der Waals surface area contributed by atoms with Crippen LogP contribution in [0.1, 0.15) is 12.3 Å². The van der Waals surface area contributed by atoms with E-state index >= 15 is 0 Å². The van der Waals surface area contributed by atoms with Gasteiger partial charge < -0.3 is 19.4 Å². The lowest BCUT2D eigenvalue weighted by molar-refractivity contribution is -0.116. The molecule has 1 fully saturated rings. The molecule has 3 aromatic heterocycles. The minimum atomic E-state index is -0.142. The summed E-state index contributed by atoms with van der Waals surface area (Å²) < 4.78 is 10.9. The van der Waals surface area contributed by atoms with Crippen molar-refractivity contribution >= 4 is 28.7 Å². The van der Waals surface area contributed by atoms with Gasteiger partial charge in [-0.15, -0.1) is 10.2 Å². The number of ether oxygens (including phenoxy) is 1. The number of nitrogens with one attached hydrogen (secondary N) is 1. The molecule has 1 amide bonds. The number of morpholine rings is 1. The third-order valence-electron chi connectivity index (χ3n) is 4.19. The Morgan fingerprint density at radius 3 is 2.85 bits per heavy atom. The fourth-order valence-corrected chi connectivity index (χ4v) is 3.38. The summed E-state index contributed by atoms with van der Waals surface area (Å²) in [5.41, 5.74) is 1.93. The van der Waals surface area contributed by atoms with E-state index in [0.717, 1.165) is 37.6 Å². The van der Waals surface area contributed by atoms with E-state index in [1.165, 1.54) is 0 Å². The molecule has 0 spiro atoms. The molecular weight excluding hydrogens is 366 g/mol. The first kappa shape index (κ1) is 17.6. The Balaban J connectivity index is 1.28. The minimum Gasteiger partial charge on any atom is -0.421 e. The van der Waals surface area contributed by atoms with E-state index in [-0.39, 0.29) is 12.3 Å². The topological polar surface area (TPSA) is 93.4 Å². The van der Waals surface area contributed by atoms with Gasteiger partial charge in [0.2, 0.25) is 17.7 Å². The molecule has 9 heteroatoms. The van der Waals surface area contributed by atoms with Crippen LogP contribution in [0.4, 0.5) is 11.5 Å². The molecule has 0 radical (unpaired) electrons. The van der Waals surface area contributed by atoms with E-state index in [2.05, 4.69) is 25.4 Å². The fourth-order valence-electron chi connectivity index (χ4n) is 2.75. The number of aryl methyl sites for hydroxylation is 1. The van der Waals surface area contributed by atoms with Gasteiger partial charge in [-0.2, -0.15) is 11.3 Å². The quantitative estimate of drug-likeness (QED) is 0.697. The zero-order valence-electron chi connectivity index (χ0n) is 14.6. The van der Waals surface area contributed by atoms with E-state index in [1.807, 2.05) is 29.0 Å². The largest absolute Gasteiger partial charge is 0.421 e. The van der Waals surface area contributed by atoms with Crippen molar-refractivity contribution in [1.82, 2.24) is 15.2 Å². The molecule has 1 aliphatic rings. The lowest BCUT2D eigenvalue weighted by Gasteiger charge is -2.28. The second kappa shape index (κ2) is 8.28. The lowest BCUT2D eigenvalue weighted by atomic mass is 10.3. The number of pyridine rings is 1. The maximum atomic E-state index is 12.1. The average molecular weight is 385 g/mol. The fraction of sp³-hybridized carbons (Fsp3) is 0.333. The summed E-state index contributed by atoms with van der Waals surface area (Å²) in [6.07, 6.45) is 2.40. The van der Waals surface area contributed by atoms with Gasteiger partial charge >= 0.3 is 0 Å². The van der Waals surface area contributed by atoms with Gasteiger partial charge in [-0.05, 0) is 23.6 Å². The van der Waals surface area contributed by atoms with Gasteiger partial charge in [0.25, 0.3) is 0 Å². The Morgan fingerprint density at radius 2 is 2.11 bits per heavy atom. The number of hydrogen-bond acceptors (Lipinski definition) is 8. The molecule has 0 unspecified atom stereocenters. The first-order valence-corrected chi connectivity index (χ1v) is 9.66. The highest BCUT2D eigenvalue weighted by Gasteiger charge is 2.13.